The molecule has 2 heterocycles. The van der Waals surface area contributed by atoms with E-state index in [1.54, 1.807) is 25.1 Å². The summed E-state index contributed by atoms with van der Waals surface area (Å²) in [4.78, 5) is 14.5. The molecule has 0 radical (unpaired) electrons. The van der Waals surface area contributed by atoms with Crippen LogP contribution in [0, 0.1) is 0 Å². The van der Waals surface area contributed by atoms with Crippen LogP contribution in [0.1, 0.15) is 18.4 Å². The van der Waals surface area contributed by atoms with Gasteiger partial charge in [0, 0.05) is 35.6 Å². The summed E-state index contributed by atoms with van der Waals surface area (Å²) in [7, 11) is 0. The normalized spacial score (nSPS) is 20.5. The van der Waals surface area contributed by atoms with Crippen molar-refractivity contribution in [3.05, 3.63) is 45.2 Å². The predicted molar refractivity (Wildman–Crippen MR) is 82.4 cm³/mol. The number of nitrogens with one attached hydrogen (secondary N) is 1. The predicted octanol–water partition coefficient (Wildman–Crippen LogP) is 2.77. The first-order valence-corrected chi connectivity index (χ1v) is 7.73. The molecule has 1 unspecified atom stereocenters. The van der Waals surface area contributed by atoms with Gasteiger partial charge in [-0.1, -0.05) is 29.3 Å². The molecule has 2 aliphatic rings. The average Bonchev–Trinajstić information content (AvgIpc) is 2.99. The summed E-state index contributed by atoms with van der Waals surface area (Å²) in [6.07, 6.45) is 0. The lowest BCUT2D eigenvalue weighted by Crippen LogP contribution is -2.20. The van der Waals surface area contributed by atoms with E-state index in [2.05, 4.69) is 10.2 Å². The molecule has 0 bridgehead atoms. The van der Waals surface area contributed by atoms with E-state index in [0.29, 0.717) is 28.8 Å². The Hall–Kier alpha value is -1.39. The first-order chi connectivity index (χ1) is 10.1. The Morgan fingerprint density at radius 1 is 1.43 bits per heavy atom. The SMILES string of the molecule is CCOC(=O)C1=C2NCCN2CC1c1c(Cl)cccc1Cl. The molecule has 6 heteroatoms. The van der Waals surface area contributed by atoms with Crippen molar-refractivity contribution in [2.75, 3.05) is 26.2 Å². The van der Waals surface area contributed by atoms with E-state index >= 15 is 0 Å². The van der Waals surface area contributed by atoms with Crippen LogP contribution in [0.4, 0.5) is 0 Å². The van der Waals surface area contributed by atoms with Gasteiger partial charge < -0.3 is 15.0 Å². The van der Waals surface area contributed by atoms with Gasteiger partial charge in [0.05, 0.1) is 12.2 Å². The van der Waals surface area contributed by atoms with E-state index in [1.807, 2.05) is 0 Å². The monoisotopic (exact) mass is 326 g/mol. The highest BCUT2D eigenvalue weighted by molar-refractivity contribution is 6.36. The van der Waals surface area contributed by atoms with Crippen LogP contribution in [0.25, 0.3) is 0 Å². The highest BCUT2D eigenvalue weighted by Crippen LogP contribution is 2.42. The third-order valence-corrected chi connectivity index (χ3v) is 4.50. The number of carbonyl (C=O) groups is 1. The average molecular weight is 327 g/mol. The Balaban J connectivity index is 2.06. The van der Waals surface area contributed by atoms with E-state index in [9.17, 15) is 4.79 Å². The second kappa shape index (κ2) is 5.78. The Morgan fingerprint density at radius 2 is 2.14 bits per heavy atom. The molecule has 1 N–H and O–H groups in total. The standard InChI is InChI=1S/C15H16Cl2N2O2/c1-2-21-15(20)13-9(8-19-7-6-18-14(13)19)12-10(16)4-3-5-11(12)17/h3-5,9,18H,2,6-8H2,1H3. The van der Waals surface area contributed by atoms with Gasteiger partial charge in [0.1, 0.15) is 5.82 Å². The third-order valence-electron chi connectivity index (χ3n) is 3.84. The summed E-state index contributed by atoms with van der Waals surface area (Å²) in [5.74, 6) is 0.396. The van der Waals surface area contributed by atoms with Crippen molar-refractivity contribution < 1.29 is 9.53 Å². The number of ether oxygens (including phenoxy) is 1. The first-order valence-electron chi connectivity index (χ1n) is 6.97. The van der Waals surface area contributed by atoms with Crippen LogP contribution in [0.2, 0.25) is 10.0 Å². The number of benzene rings is 1. The summed E-state index contributed by atoms with van der Waals surface area (Å²) in [6, 6.07) is 5.40. The summed E-state index contributed by atoms with van der Waals surface area (Å²) >= 11 is 12.6. The number of carbonyl (C=O) groups excluding carboxylic acids is 1. The van der Waals surface area contributed by atoms with Crippen molar-refractivity contribution >= 4 is 29.2 Å². The van der Waals surface area contributed by atoms with Gasteiger partial charge in [0.15, 0.2) is 0 Å². The Morgan fingerprint density at radius 3 is 2.81 bits per heavy atom. The van der Waals surface area contributed by atoms with Gasteiger partial charge in [-0.3, -0.25) is 0 Å². The molecule has 1 aromatic rings. The van der Waals surface area contributed by atoms with Gasteiger partial charge in [-0.2, -0.15) is 0 Å². The summed E-state index contributed by atoms with van der Waals surface area (Å²) in [6.45, 7) is 4.55. The number of hydrogen-bond acceptors (Lipinski definition) is 4. The van der Waals surface area contributed by atoms with E-state index in [4.69, 9.17) is 27.9 Å². The zero-order chi connectivity index (χ0) is 15.0. The lowest BCUT2D eigenvalue weighted by molar-refractivity contribution is -0.138. The molecule has 1 fully saturated rings. The summed E-state index contributed by atoms with van der Waals surface area (Å²) in [5, 5.41) is 4.42. The lowest BCUT2D eigenvalue weighted by atomic mass is 9.92. The second-order valence-electron chi connectivity index (χ2n) is 5.04. The largest absolute Gasteiger partial charge is 0.463 e. The van der Waals surface area contributed by atoms with Crippen LogP contribution in [-0.4, -0.2) is 37.1 Å². The first kappa shape index (κ1) is 14.5. The zero-order valence-electron chi connectivity index (χ0n) is 11.7. The molecular formula is C15H16Cl2N2O2. The fourth-order valence-electron chi connectivity index (χ4n) is 2.98. The number of halogens is 2. The van der Waals surface area contributed by atoms with Gasteiger partial charge >= 0.3 is 5.97 Å². The number of esters is 1. The molecule has 112 valence electrons. The van der Waals surface area contributed by atoms with Crippen LogP contribution in [-0.2, 0) is 9.53 Å². The minimum atomic E-state index is -0.301. The van der Waals surface area contributed by atoms with Crippen molar-refractivity contribution in [1.82, 2.24) is 10.2 Å². The van der Waals surface area contributed by atoms with Crippen molar-refractivity contribution in [3.8, 4) is 0 Å². The maximum atomic E-state index is 12.4. The Labute approximate surface area is 133 Å². The van der Waals surface area contributed by atoms with Gasteiger partial charge in [0.2, 0.25) is 0 Å². The van der Waals surface area contributed by atoms with Gasteiger partial charge in [-0.05, 0) is 24.6 Å². The zero-order valence-corrected chi connectivity index (χ0v) is 13.2. The molecule has 1 atom stereocenters. The fourth-order valence-corrected chi connectivity index (χ4v) is 3.65. The number of rotatable bonds is 3. The van der Waals surface area contributed by atoms with Crippen LogP contribution in [0.15, 0.2) is 29.6 Å². The van der Waals surface area contributed by atoms with Crippen molar-refractivity contribution in [2.24, 2.45) is 0 Å². The number of nitrogens with zero attached hydrogens (tertiary/aromatic N) is 1. The van der Waals surface area contributed by atoms with Crippen molar-refractivity contribution in [2.45, 2.75) is 12.8 Å². The topological polar surface area (TPSA) is 41.6 Å². The van der Waals surface area contributed by atoms with Crippen LogP contribution < -0.4 is 5.32 Å². The van der Waals surface area contributed by atoms with E-state index < -0.39 is 0 Å². The highest BCUT2D eigenvalue weighted by atomic mass is 35.5. The van der Waals surface area contributed by atoms with Crippen molar-refractivity contribution in [3.63, 3.8) is 0 Å². The molecule has 0 aliphatic carbocycles. The minimum absolute atomic E-state index is 0.159. The van der Waals surface area contributed by atoms with Gasteiger partial charge in [-0.15, -0.1) is 0 Å². The molecule has 4 nitrogen and oxygen atoms in total. The summed E-state index contributed by atoms with van der Waals surface area (Å²) < 4.78 is 5.22. The maximum absolute atomic E-state index is 12.4. The Bertz CT molecular complexity index is 595. The molecule has 0 saturated carbocycles. The molecule has 21 heavy (non-hydrogen) atoms. The van der Waals surface area contributed by atoms with Crippen LogP contribution >= 0.6 is 23.2 Å². The molecule has 2 aliphatic heterocycles. The van der Waals surface area contributed by atoms with E-state index in [1.165, 1.54) is 0 Å². The number of fused-ring (bicyclic) bond motifs is 1. The van der Waals surface area contributed by atoms with E-state index in [0.717, 1.165) is 24.5 Å². The third kappa shape index (κ3) is 2.47. The van der Waals surface area contributed by atoms with Gasteiger partial charge in [0.25, 0.3) is 0 Å². The van der Waals surface area contributed by atoms with Crippen molar-refractivity contribution in [1.29, 1.82) is 0 Å². The maximum Gasteiger partial charge on any atom is 0.338 e. The molecule has 3 rings (SSSR count). The molecular weight excluding hydrogens is 311 g/mol. The molecule has 0 amide bonds. The quantitative estimate of drug-likeness (QED) is 0.867. The molecule has 1 aromatic carbocycles. The number of hydrogen-bond donors (Lipinski definition) is 1. The van der Waals surface area contributed by atoms with Crippen LogP contribution in [0.5, 0.6) is 0 Å². The van der Waals surface area contributed by atoms with Crippen LogP contribution in [0.3, 0.4) is 0 Å². The molecule has 0 spiro atoms. The van der Waals surface area contributed by atoms with E-state index in [-0.39, 0.29) is 11.9 Å². The minimum Gasteiger partial charge on any atom is -0.463 e. The Kier molecular flexibility index (Phi) is 4.00. The highest BCUT2D eigenvalue weighted by Gasteiger charge is 2.41. The van der Waals surface area contributed by atoms with Gasteiger partial charge in [-0.25, -0.2) is 4.79 Å². The fraction of sp³-hybridized carbons (Fsp3) is 0.400. The summed E-state index contributed by atoms with van der Waals surface area (Å²) in [5.41, 5.74) is 1.43. The molecule has 0 aromatic heterocycles. The lowest BCUT2D eigenvalue weighted by Gasteiger charge is -2.18. The second-order valence-corrected chi connectivity index (χ2v) is 5.86. The molecule has 1 saturated heterocycles. The smallest absolute Gasteiger partial charge is 0.338 e.